The van der Waals surface area contributed by atoms with Gasteiger partial charge < -0.3 is 19.8 Å². The van der Waals surface area contributed by atoms with Crippen LogP contribution in [-0.4, -0.2) is 60.5 Å². The van der Waals surface area contributed by atoms with Gasteiger partial charge in [-0.15, -0.1) is 0 Å². The lowest BCUT2D eigenvalue weighted by Crippen LogP contribution is -2.41. The zero-order chi connectivity index (χ0) is 10.6. The average Bonchev–Trinajstić information content (AvgIpc) is 2.62. The Kier molecular flexibility index (Phi) is 4.31. The van der Waals surface area contributed by atoms with Crippen molar-refractivity contribution in [1.82, 2.24) is 4.90 Å². The standard InChI is InChI=1S/C9H17NO4/c1-10(3-2-4-11)8-6-14-5-7(8)9(12)13/h7-8,11H,2-6H2,1H3,(H,12,13). The van der Waals surface area contributed by atoms with Crippen molar-refractivity contribution in [3.63, 3.8) is 0 Å². The molecule has 0 aliphatic carbocycles. The summed E-state index contributed by atoms with van der Waals surface area (Å²) >= 11 is 0. The number of carboxylic acids is 1. The first-order chi connectivity index (χ1) is 6.66. The van der Waals surface area contributed by atoms with Crippen LogP contribution in [0.5, 0.6) is 0 Å². The highest BCUT2D eigenvalue weighted by atomic mass is 16.5. The predicted octanol–water partition coefficient (Wildman–Crippen LogP) is -0.600. The predicted molar refractivity (Wildman–Crippen MR) is 50.1 cm³/mol. The quantitative estimate of drug-likeness (QED) is 0.624. The van der Waals surface area contributed by atoms with Crippen LogP contribution in [0.1, 0.15) is 6.42 Å². The molecule has 0 spiro atoms. The van der Waals surface area contributed by atoms with Gasteiger partial charge in [-0.1, -0.05) is 0 Å². The molecule has 0 aromatic carbocycles. The molecular formula is C9H17NO4. The number of carbonyl (C=O) groups is 1. The number of rotatable bonds is 5. The number of nitrogens with zero attached hydrogens (tertiary/aromatic N) is 1. The molecule has 1 aliphatic rings. The number of carboxylic acid groups (broad SMARTS) is 1. The lowest BCUT2D eigenvalue weighted by molar-refractivity contribution is -0.143. The van der Waals surface area contributed by atoms with Gasteiger partial charge in [0.1, 0.15) is 0 Å². The largest absolute Gasteiger partial charge is 0.481 e. The van der Waals surface area contributed by atoms with Crippen molar-refractivity contribution in [2.24, 2.45) is 5.92 Å². The topological polar surface area (TPSA) is 70.0 Å². The molecule has 2 N–H and O–H groups in total. The summed E-state index contributed by atoms with van der Waals surface area (Å²) in [6.45, 7) is 1.60. The molecule has 5 nitrogen and oxygen atoms in total. The van der Waals surface area contributed by atoms with E-state index in [0.29, 0.717) is 26.2 Å². The zero-order valence-electron chi connectivity index (χ0n) is 8.35. The fraction of sp³-hybridized carbons (Fsp3) is 0.889. The lowest BCUT2D eigenvalue weighted by Gasteiger charge is -2.25. The maximum Gasteiger partial charge on any atom is 0.310 e. The van der Waals surface area contributed by atoms with Crippen LogP contribution in [0, 0.1) is 5.92 Å². The van der Waals surface area contributed by atoms with Crippen LogP contribution in [0.15, 0.2) is 0 Å². The van der Waals surface area contributed by atoms with Gasteiger partial charge in [0.25, 0.3) is 0 Å². The summed E-state index contributed by atoms with van der Waals surface area (Å²) in [5.74, 6) is -1.23. The Balaban J connectivity index is 2.44. The number of ether oxygens (including phenoxy) is 1. The van der Waals surface area contributed by atoms with Crippen LogP contribution in [0.4, 0.5) is 0 Å². The van der Waals surface area contributed by atoms with Gasteiger partial charge in [-0.05, 0) is 13.5 Å². The third-order valence-electron chi connectivity index (χ3n) is 2.60. The number of likely N-dealkylation sites (N-methyl/N-ethyl adjacent to an activating group) is 1. The Bertz CT molecular complexity index is 197. The summed E-state index contributed by atoms with van der Waals surface area (Å²) in [7, 11) is 1.87. The normalized spacial score (nSPS) is 27.1. The van der Waals surface area contributed by atoms with Crippen molar-refractivity contribution in [2.75, 3.05) is 33.4 Å². The first kappa shape index (κ1) is 11.4. The van der Waals surface area contributed by atoms with Crippen LogP contribution in [0.25, 0.3) is 0 Å². The first-order valence-electron chi connectivity index (χ1n) is 4.78. The fourth-order valence-corrected chi connectivity index (χ4v) is 1.70. The van der Waals surface area contributed by atoms with Crippen molar-refractivity contribution in [3.8, 4) is 0 Å². The van der Waals surface area contributed by atoms with E-state index in [-0.39, 0.29) is 12.6 Å². The molecule has 1 aliphatic heterocycles. The van der Waals surface area contributed by atoms with Crippen LogP contribution in [-0.2, 0) is 9.53 Å². The van der Waals surface area contributed by atoms with Gasteiger partial charge in [0.2, 0.25) is 0 Å². The molecule has 0 radical (unpaired) electrons. The highest BCUT2D eigenvalue weighted by Crippen LogP contribution is 2.18. The van der Waals surface area contributed by atoms with Gasteiger partial charge in [-0.25, -0.2) is 0 Å². The van der Waals surface area contributed by atoms with Gasteiger partial charge >= 0.3 is 5.97 Å². The van der Waals surface area contributed by atoms with Gasteiger partial charge in [-0.2, -0.15) is 0 Å². The van der Waals surface area contributed by atoms with Crippen molar-refractivity contribution >= 4 is 5.97 Å². The molecule has 1 saturated heterocycles. The molecule has 14 heavy (non-hydrogen) atoms. The van der Waals surface area contributed by atoms with Crippen molar-refractivity contribution in [1.29, 1.82) is 0 Å². The van der Waals surface area contributed by atoms with E-state index in [0.717, 1.165) is 0 Å². The average molecular weight is 203 g/mol. The number of aliphatic hydroxyl groups excluding tert-OH is 1. The molecule has 0 bridgehead atoms. The fourth-order valence-electron chi connectivity index (χ4n) is 1.70. The minimum absolute atomic E-state index is 0.0564. The maximum atomic E-state index is 10.8. The van der Waals surface area contributed by atoms with Crippen molar-refractivity contribution in [3.05, 3.63) is 0 Å². The molecule has 1 rings (SSSR count). The molecule has 0 saturated carbocycles. The molecule has 2 unspecified atom stereocenters. The third kappa shape index (κ3) is 2.67. The second-order valence-corrected chi connectivity index (χ2v) is 3.61. The van der Waals surface area contributed by atoms with E-state index in [2.05, 4.69) is 0 Å². The van der Waals surface area contributed by atoms with Crippen LogP contribution >= 0.6 is 0 Å². The summed E-state index contributed by atoms with van der Waals surface area (Å²) in [6, 6.07) is -0.0564. The van der Waals surface area contributed by atoms with E-state index >= 15 is 0 Å². The Morgan fingerprint density at radius 1 is 1.57 bits per heavy atom. The summed E-state index contributed by atoms with van der Waals surface area (Å²) in [6.07, 6.45) is 0.666. The highest BCUT2D eigenvalue weighted by Gasteiger charge is 2.36. The Labute approximate surface area is 83.3 Å². The molecule has 0 amide bonds. The van der Waals surface area contributed by atoms with E-state index in [9.17, 15) is 4.79 Å². The SMILES string of the molecule is CN(CCCO)C1COCC1C(=O)O. The third-order valence-corrected chi connectivity index (χ3v) is 2.60. The number of hydrogen-bond donors (Lipinski definition) is 2. The Morgan fingerprint density at radius 3 is 2.86 bits per heavy atom. The minimum atomic E-state index is -0.802. The van der Waals surface area contributed by atoms with Crippen LogP contribution in [0.3, 0.4) is 0 Å². The summed E-state index contributed by atoms with van der Waals surface area (Å²) in [5, 5.41) is 17.6. The summed E-state index contributed by atoms with van der Waals surface area (Å²) in [4.78, 5) is 12.8. The van der Waals surface area contributed by atoms with Crippen molar-refractivity contribution in [2.45, 2.75) is 12.5 Å². The minimum Gasteiger partial charge on any atom is -0.481 e. The van der Waals surface area contributed by atoms with Crippen molar-refractivity contribution < 1.29 is 19.7 Å². The molecule has 2 atom stereocenters. The Morgan fingerprint density at radius 2 is 2.29 bits per heavy atom. The number of aliphatic hydroxyl groups is 1. The second kappa shape index (κ2) is 5.29. The Hall–Kier alpha value is -0.650. The smallest absolute Gasteiger partial charge is 0.310 e. The molecule has 0 aromatic heterocycles. The molecule has 1 heterocycles. The molecule has 5 heteroatoms. The molecule has 82 valence electrons. The van der Waals surface area contributed by atoms with E-state index in [1.807, 2.05) is 11.9 Å². The van der Waals surface area contributed by atoms with E-state index in [1.165, 1.54) is 0 Å². The summed E-state index contributed by atoms with van der Waals surface area (Å²) < 4.78 is 5.15. The molecular weight excluding hydrogens is 186 g/mol. The van der Waals surface area contributed by atoms with Gasteiger partial charge in [0.15, 0.2) is 0 Å². The summed E-state index contributed by atoms with van der Waals surface area (Å²) in [5.41, 5.74) is 0. The first-order valence-corrected chi connectivity index (χ1v) is 4.78. The van der Waals surface area contributed by atoms with Gasteiger partial charge in [0.05, 0.1) is 19.1 Å². The van der Waals surface area contributed by atoms with Crippen LogP contribution in [0.2, 0.25) is 0 Å². The number of hydrogen-bond acceptors (Lipinski definition) is 4. The van der Waals surface area contributed by atoms with Gasteiger partial charge in [0, 0.05) is 19.2 Å². The molecule has 0 aromatic rings. The van der Waals surface area contributed by atoms with Gasteiger partial charge in [-0.3, -0.25) is 4.79 Å². The van der Waals surface area contributed by atoms with Crippen LogP contribution < -0.4 is 0 Å². The zero-order valence-corrected chi connectivity index (χ0v) is 8.35. The van der Waals surface area contributed by atoms with E-state index < -0.39 is 11.9 Å². The maximum absolute atomic E-state index is 10.8. The monoisotopic (exact) mass is 203 g/mol. The van der Waals surface area contributed by atoms with E-state index in [4.69, 9.17) is 14.9 Å². The number of aliphatic carboxylic acids is 1. The highest BCUT2D eigenvalue weighted by molar-refractivity contribution is 5.71. The second-order valence-electron chi connectivity index (χ2n) is 3.61. The molecule has 1 fully saturated rings. The lowest BCUT2D eigenvalue weighted by atomic mass is 10.0. The van der Waals surface area contributed by atoms with E-state index in [1.54, 1.807) is 0 Å².